The fourth-order valence-electron chi connectivity index (χ4n) is 2.46. The number of ether oxygens (including phenoxy) is 2. The van der Waals surface area contributed by atoms with Crippen molar-refractivity contribution in [2.75, 3.05) is 25.6 Å². The normalized spacial score (nSPS) is 17.4. The van der Waals surface area contributed by atoms with E-state index in [1.807, 2.05) is 30.3 Å². The number of carbonyl (C=O) groups excluding carboxylic acids is 2. The van der Waals surface area contributed by atoms with Gasteiger partial charge in [0.1, 0.15) is 16.7 Å². The number of amides is 2. The van der Waals surface area contributed by atoms with Gasteiger partial charge in [0, 0.05) is 19.2 Å². The predicted octanol–water partition coefficient (Wildman–Crippen LogP) is 3.04. The highest BCUT2D eigenvalue weighted by molar-refractivity contribution is 8.15. The Hall–Kier alpha value is -2.84. The van der Waals surface area contributed by atoms with Gasteiger partial charge >= 0.3 is 0 Å². The van der Waals surface area contributed by atoms with Gasteiger partial charge in [-0.15, -0.1) is 0 Å². The second-order valence-corrected chi connectivity index (χ2v) is 7.16. The molecule has 28 heavy (non-hydrogen) atoms. The first-order chi connectivity index (χ1) is 13.6. The van der Waals surface area contributed by atoms with Gasteiger partial charge in [-0.1, -0.05) is 30.0 Å². The molecule has 1 aliphatic heterocycles. The van der Waals surface area contributed by atoms with Crippen molar-refractivity contribution in [3.05, 3.63) is 54.6 Å². The first-order valence-electron chi connectivity index (χ1n) is 8.78. The zero-order valence-corrected chi connectivity index (χ0v) is 16.2. The van der Waals surface area contributed by atoms with Crippen molar-refractivity contribution in [2.45, 2.75) is 11.7 Å². The summed E-state index contributed by atoms with van der Waals surface area (Å²) in [6.45, 7) is 0.949. The Kier molecular flexibility index (Phi) is 7.05. The number of methoxy groups -OCH3 is 1. The highest BCUT2D eigenvalue weighted by atomic mass is 32.2. The van der Waals surface area contributed by atoms with Crippen LogP contribution in [-0.4, -0.2) is 42.5 Å². The maximum absolute atomic E-state index is 12.3. The van der Waals surface area contributed by atoms with Crippen LogP contribution >= 0.6 is 11.8 Å². The molecule has 1 heterocycles. The fraction of sp³-hybridized carbons (Fsp3) is 0.250. The average molecular weight is 399 g/mol. The SMILES string of the molecule is COCCN=C1NC(=O)[C@@H](CC(=O)Nc2ccc(Oc3ccccc3)cc2)S1. The van der Waals surface area contributed by atoms with Crippen molar-refractivity contribution in [1.29, 1.82) is 0 Å². The second-order valence-electron chi connectivity index (χ2n) is 5.97. The second kappa shape index (κ2) is 9.91. The molecular formula is C20H21N3O4S. The molecule has 0 bridgehead atoms. The third-order valence-corrected chi connectivity index (χ3v) is 4.93. The topological polar surface area (TPSA) is 89.0 Å². The number of hydrogen-bond donors (Lipinski definition) is 2. The molecule has 1 saturated heterocycles. The quantitative estimate of drug-likeness (QED) is 0.666. The van der Waals surface area contributed by atoms with Crippen LogP contribution in [0.2, 0.25) is 0 Å². The van der Waals surface area contributed by atoms with Gasteiger partial charge in [0.2, 0.25) is 11.8 Å². The van der Waals surface area contributed by atoms with Crippen LogP contribution in [-0.2, 0) is 14.3 Å². The van der Waals surface area contributed by atoms with E-state index in [9.17, 15) is 9.59 Å². The molecule has 0 saturated carbocycles. The molecule has 2 amide bonds. The first-order valence-corrected chi connectivity index (χ1v) is 9.66. The van der Waals surface area contributed by atoms with Crippen molar-refractivity contribution in [3.63, 3.8) is 0 Å². The van der Waals surface area contributed by atoms with Crippen molar-refractivity contribution < 1.29 is 19.1 Å². The number of nitrogens with one attached hydrogen (secondary N) is 2. The monoisotopic (exact) mass is 399 g/mol. The molecule has 1 atom stereocenters. The van der Waals surface area contributed by atoms with Crippen LogP contribution in [0.3, 0.4) is 0 Å². The first kappa shape index (κ1) is 19.9. The van der Waals surface area contributed by atoms with E-state index in [0.717, 1.165) is 5.75 Å². The van der Waals surface area contributed by atoms with E-state index in [1.54, 1.807) is 31.4 Å². The molecule has 0 radical (unpaired) electrons. The molecule has 1 aliphatic rings. The molecule has 7 nitrogen and oxygen atoms in total. The van der Waals surface area contributed by atoms with E-state index in [0.29, 0.717) is 29.8 Å². The molecule has 1 fully saturated rings. The van der Waals surface area contributed by atoms with E-state index >= 15 is 0 Å². The van der Waals surface area contributed by atoms with Crippen molar-refractivity contribution in [2.24, 2.45) is 4.99 Å². The Balaban J connectivity index is 1.49. The Bertz CT molecular complexity index is 840. The molecule has 146 valence electrons. The Labute approximate surface area is 167 Å². The summed E-state index contributed by atoms with van der Waals surface area (Å²) in [6, 6.07) is 16.5. The summed E-state index contributed by atoms with van der Waals surface area (Å²) in [4.78, 5) is 28.5. The molecular weight excluding hydrogens is 378 g/mol. The van der Waals surface area contributed by atoms with Crippen LogP contribution in [0.15, 0.2) is 59.6 Å². The van der Waals surface area contributed by atoms with Crippen LogP contribution in [0.4, 0.5) is 5.69 Å². The summed E-state index contributed by atoms with van der Waals surface area (Å²) in [6.07, 6.45) is 0.0715. The Morgan fingerprint density at radius 2 is 1.86 bits per heavy atom. The van der Waals surface area contributed by atoms with E-state index < -0.39 is 5.25 Å². The largest absolute Gasteiger partial charge is 0.457 e. The molecule has 2 N–H and O–H groups in total. The molecule has 0 aromatic heterocycles. The molecule has 0 aliphatic carbocycles. The van der Waals surface area contributed by atoms with Crippen molar-refractivity contribution >= 4 is 34.4 Å². The summed E-state index contributed by atoms with van der Waals surface area (Å²) in [5.41, 5.74) is 0.641. The molecule has 3 rings (SSSR count). The lowest BCUT2D eigenvalue weighted by Crippen LogP contribution is -2.28. The van der Waals surface area contributed by atoms with Gasteiger partial charge in [-0.25, -0.2) is 0 Å². The number of benzene rings is 2. The van der Waals surface area contributed by atoms with Gasteiger partial charge < -0.3 is 20.1 Å². The summed E-state index contributed by atoms with van der Waals surface area (Å²) >= 11 is 1.26. The third kappa shape index (κ3) is 5.83. The number of thioether (sulfide) groups is 1. The smallest absolute Gasteiger partial charge is 0.240 e. The molecule has 8 heteroatoms. The molecule has 0 unspecified atom stereocenters. The number of hydrogen-bond acceptors (Lipinski definition) is 6. The standard InChI is InChI=1S/C20H21N3O4S/c1-26-12-11-21-20-23-19(25)17(28-20)13-18(24)22-14-7-9-16(10-8-14)27-15-5-3-2-4-6-15/h2-10,17H,11-13H2,1H3,(H,22,24)(H,21,23,25)/t17-/m1/s1. The van der Waals surface area contributed by atoms with Crippen LogP contribution in [0, 0.1) is 0 Å². The van der Waals surface area contributed by atoms with E-state index in [1.165, 1.54) is 11.8 Å². The number of amidine groups is 1. The maximum Gasteiger partial charge on any atom is 0.240 e. The lowest BCUT2D eigenvalue weighted by molar-refractivity contribution is -0.122. The van der Waals surface area contributed by atoms with Crippen LogP contribution < -0.4 is 15.4 Å². The number of carbonyl (C=O) groups is 2. The highest BCUT2D eigenvalue weighted by Crippen LogP contribution is 2.25. The number of nitrogens with zero attached hydrogens (tertiary/aromatic N) is 1. The van der Waals surface area contributed by atoms with Gasteiger partial charge in [0.15, 0.2) is 5.17 Å². The zero-order valence-electron chi connectivity index (χ0n) is 15.4. The van der Waals surface area contributed by atoms with E-state index in [2.05, 4.69) is 15.6 Å². The van der Waals surface area contributed by atoms with Gasteiger partial charge in [0.25, 0.3) is 0 Å². The molecule has 2 aromatic carbocycles. The number of para-hydroxylation sites is 1. The van der Waals surface area contributed by atoms with Gasteiger partial charge in [0.05, 0.1) is 13.2 Å². The van der Waals surface area contributed by atoms with E-state index in [4.69, 9.17) is 9.47 Å². The Morgan fingerprint density at radius 3 is 2.57 bits per heavy atom. The zero-order chi connectivity index (χ0) is 19.8. The fourth-order valence-corrected chi connectivity index (χ4v) is 3.46. The van der Waals surface area contributed by atoms with Gasteiger partial charge in [-0.2, -0.15) is 0 Å². The maximum atomic E-state index is 12.3. The van der Waals surface area contributed by atoms with Crippen molar-refractivity contribution in [3.8, 4) is 11.5 Å². The van der Waals surface area contributed by atoms with Gasteiger partial charge in [-0.3, -0.25) is 14.6 Å². The Morgan fingerprint density at radius 1 is 1.14 bits per heavy atom. The number of rotatable bonds is 8. The molecule has 2 aromatic rings. The number of aliphatic imine (C=N–C) groups is 1. The third-order valence-electron chi connectivity index (χ3n) is 3.82. The predicted molar refractivity (Wildman–Crippen MR) is 110 cm³/mol. The van der Waals surface area contributed by atoms with Crippen molar-refractivity contribution in [1.82, 2.24) is 5.32 Å². The van der Waals surface area contributed by atoms with Crippen LogP contribution in [0.25, 0.3) is 0 Å². The highest BCUT2D eigenvalue weighted by Gasteiger charge is 2.31. The summed E-state index contributed by atoms with van der Waals surface area (Å²) in [5, 5.41) is 5.53. The average Bonchev–Trinajstić information content (AvgIpc) is 3.03. The minimum atomic E-state index is -0.484. The lowest BCUT2D eigenvalue weighted by Gasteiger charge is -2.09. The van der Waals surface area contributed by atoms with Crippen LogP contribution in [0.1, 0.15) is 6.42 Å². The minimum Gasteiger partial charge on any atom is -0.457 e. The minimum absolute atomic E-state index is 0.0715. The summed E-state index contributed by atoms with van der Waals surface area (Å²) in [5.74, 6) is 0.976. The van der Waals surface area contributed by atoms with Gasteiger partial charge in [-0.05, 0) is 36.4 Å². The van der Waals surface area contributed by atoms with E-state index in [-0.39, 0.29) is 18.2 Å². The van der Waals surface area contributed by atoms with Crippen LogP contribution in [0.5, 0.6) is 11.5 Å². The number of anilines is 1. The lowest BCUT2D eigenvalue weighted by atomic mass is 10.2. The summed E-state index contributed by atoms with van der Waals surface area (Å²) in [7, 11) is 1.59. The summed E-state index contributed by atoms with van der Waals surface area (Å²) < 4.78 is 10.6. The molecule has 0 spiro atoms.